The second kappa shape index (κ2) is 13.6. The van der Waals surface area contributed by atoms with Crippen LogP contribution in [-0.4, -0.2) is 79.1 Å². The van der Waals surface area contributed by atoms with Crippen molar-refractivity contribution in [3.05, 3.63) is 77.6 Å². The monoisotopic (exact) mass is 605 g/mol. The third kappa shape index (κ3) is 8.02. The van der Waals surface area contributed by atoms with Gasteiger partial charge in [-0.1, -0.05) is 67.6 Å². The number of hydrogen-bond donors (Lipinski definition) is 1. The third-order valence-electron chi connectivity index (χ3n) is 7.41. The van der Waals surface area contributed by atoms with E-state index in [1.807, 2.05) is 74.5 Å². The number of ether oxygens (including phenoxy) is 2. The Labute approximate surface area is 258 Å². The number of hydrogen-bond acceptors (Lipinski definition) is 7. The smallest absolute Gasteiger partial charge is 0.410 e. The van der Waals surface area contributed by atoms with Gasteiger partial charge in [0.2, 0.25) is 0 Å². The van der Waals surface area contributed by atoms with E-state index in [2.05, 4.69) is 10.3 Å². The molecule has 3 aromatic rings. The van der Waals surface area contributed by atoms with Gasteiger partial charge < -0.3 is 24.4 Å². The lowest BCUT2D eigenvalue weighted by Crippen LogP contribution is -2.60. The van der Waals surface area contributed by atoms with E-state index in [0.29, 0.717) is 18.8 Å². The molecule has 236 valence electrons. The minimum absolute atomic E-state index is 0.0276. The first-order valence-electron chi connectivity index (χ1n) is 14.9. The second-order valence-electron chi connectivity index (χ2n) is 13.0. The van der Waals surface area contributed by atoms with Gasteiger partial charge in [-0.05, 0) is 57.7 Å². The molecule has 44 heavy (non-hydrogen) atoms. The zero-order chi connectivity index (χ0) is 32.1. The number of aliphatic carboxylic acids is 1. The van der Waals surface area contributed by atoms with Gasteiger partial charge >= 0.3 is 12.1 Å². The van der Waals surface area contributed by atoms with Crippen LogP contribution in [-0.2, 0) is 27.5 Å². The lowest BCUT2D eigenvalue weighted by molar-refractivity contribution is -0.152. The van der Waals surface area contributed by atoms with E-state index in [-0.39, 0.29) is 37.7 Å². The molecule has 2 amide bonds. The van der Waals surface area contributed by atoms with E-state index in [0.717, 1.165) is 11.3 Å². The normalized spacial score (nSPS) is 18.7. The molecule has 1 N–H and O–H groups in total. The summed E-state index contributed by atoms with van der Waals surface area (Å²) in [5, 5.41) is 18.9. The fourth-order valence-electron chi connectivity index (χ4n) is 5.36. The molecule has 1 saturated heterocycles. The maximum Gasteiger partial charge on any atom is 0.410 e. The summed E-state index contributed by atoms with van der Waals surface area (Å²) in [5.74, 6) is -1.39. The van der Waals surface area contributed by atoms with Gasteiger partial charge in [-0.3, -0.25) is 9.59 Å². The van der Waals surface area contributed by atoms with Crippen molar-refractivity contribution in [3.63, 3.8) is 0 Å². The molecule has 1 aliphatic rings. The Balaban J connectivity index is 1.70. The van der Waals surface area contributed by atoms with Crippen LogP contribution in [0, 0.1) is 11.3 Å². The van der Waals surface area contributed by atoms with E-state index in [9.17, 15) is 19.5 Å². The zero-order valence-electron chi connectivity index (χ0n) is 26.4. The summed E-state index contributed by atoms with van der Waals surface area (Å²) < 4.78 is 13.3. The number of likely N-dealkylation sites (tertiary alicyclic amines) is 1. The van der Waals surface area contributed by atoms with Crippen LogP contribution >= 0.6 is 0 Å². The minimum Gasteiger partial charge on any atom is -0.481 e. The molecule has 11 nitrogen and oxygen atoms in total. The van der Waals surface area contributed by atoms with Crippen LogP contribution < -0.4 is 0 Å². The van der Waals surface area contributed by atoms with Gasteiger partial charge in [-0.25, -0.2) is 9.48 Å². The molecule has 2 atom stereocenters. The van der Waals surface area contributed by atoms with Crippen LogP contribution in [0.5, 0.6) is 0 Å². The maximum absolute atomic E-state index is 14.4. The van der Waals surface area contributed by atoms with Crippen molar-refractivity contribution in [2.45, 2.75) is 72.8 Å². The van der Waals surface area contributed by atoms with Crippen molar-refractivity contribution in [3.8, 4) is 5.69 Å². The molecule has 0 unspecified atom stereocenters. The highest BCUT2D eigenvalue weighted by atomic mass is 16.6. The molecule has 0 aliphatic carbocycles. The molecular weight excluding hydrogens is 562 g/mol. The number of para-hydroxylation sites is 1. The predicted molar refractivity (Wildman–Crippen MR) is 164 cm³/mol. The Bertz CT molecular complexity index is 1440. The first kappa shape index (κ1) is 32.7. The Morgan fingerprint density at radius 3 is 2.27 bits per heavy atom. The van der Waals surface area contributed by atoms with Crippen LogP contribution in [0.2, 0.25) is 0 Å². The lowest BCUT2D eigenvalue weighted by Gasteiger charge is -2.46. The molecule has 0 saturated carbocycles. The van der Waals surface area contributed by atoms with Crippen molar-refractivity contribution in [1.82, 2.24) is 24.8 Å². The van der Waals surface area contributed by atoms with E-state index in [1.165, 1.54) is 4.90 Å². The Morgan fingerprint density at radius 2 is 1.68 bits per heavy atom. The van der Waals surface area contributed by atoms with Crippen molar-refractivity contribution in [2.75, 3.05) is 19.6 Å². The largest absolute Gasteiger partial charge is 0.481 e. The van der Waals surface area contributed by atoms with E-state index < -0.39 is 35.0 Å². The SMILES string of the molecule is CC(C)CN(C(=O)c1nnn(-c2ccccc2)c1COCc1ccccc1)[C@@H]1CN(C(=O)OC(C)(C)C)C[C@](C)(C(=O)O)C1. The quantitative estimate of drug-likeness (QED) is 0.335. The number of piperidine rings is 1. The number of aromatic nitrogens is 3. The first-order chi connectivity index (χ1) is 20.8. The van der Waals surface area contributed by atoms with Crippen LogP contribution in [0.4, 0.5) is 4.79 Å². The van der Waals surface area contributed by atoms with E-state index in [1.54, 1.807) is 37.3 Å². The number of carboxylic acid groups (broad SMARTS) is 1. The summed E-state index contributed by atoms with van der Waals surface area (Å²) in [7, 11) is 0. The summed E-state index contributed by atoms with van der Waals surface area (Å²) in [5.41, 5.74) is 0.249. The number of carbonyl (C=O) groups is 3. The Kier molecular flexibility index (Phi) is 10.1. The predicted octanol–water partition coefficient (Wildman–Crippen LogP) is 5.18. The molecule has 2 aromatic carbocycles. The summed E-state index contributed by atoms with van der Waals surface area (Å²) in [6.07, 6.45) is -0.455. The maximum atomic E-state index is 14.4. The highest BCUT2D eigenvalue weighted by molar-refractivity contribution is 5.94. The van der Waals surface area contributed by atoms with E-state index >= 15 is 0 Å². The van der Waals surface area contributed by atoms with Gasteiger partial charge in [0.05, 0.1) is 30.4 Å². The molecule has 0 spiro atoms. The number of carboxylic acids is 1. The fourth-order valence-corrected chi connectivity index (χ4v) is 5.36. The summed E-state index contributed by atoms with van der Waals surface area (Å²) >= 11 is 0. The van der Waals surface area contributed by atoms with Gasteiger partial charge in [-0.15, -0.1) is 5.10 Å². The summed E-state index contributed by atoms with van der Waals surface area (Å²) in [6.45, 7) is 11.7. The third-order valence-corrected chi connectivity index (χ3v) is 7.41. The summed E-state index contributed by atoms with van der Waals surface area (Å²) in [6, 6.07) is 18.5. The van der Waals surface area contributed by atoms with Crippen LogP contribution in [0.15, 0.2) is 60.7 Å². The number of nitrogens with zero attached hydrogens (tertiary/aromatic N) is 5. The number of rotatable bonds is 10. The highest BCUT2D eigenvalue weighted by Crippen LogP contribution is 2.34. The molecule has 4 rings (SSSR count). The number of amides is 2. The average Bonchev–Trinajstić information content (AvgIpc) is 3.39. The molecular formula is C33H43N5O6. The standard InChI is InChI=1S/C33H43N5O6/c1-23(2)18-37(26-17-33(6,30(40)41)22-36(19-26)31(42)44-32(3,4)5)29(39)28-27(21-43-20-24-13-9-7-10-14-24)38(35-34-28)25-15-11-8-12-16-25/h7-16,23,26H,17-22H2,1-6H3,(H,40,41)/t26-,33+/m0/s1. The molecule has 11 heteroatoms. The molecule has 1 aromatic heterocycles. The number of carbonyl (C=O) groups excluding carboxylic acids is 2. The molecule has 0 radical (unpaired) electrons. The van der Waals surface area contributed by atoms with Gasteiger partial charge in [0.25, 0.3) is 5.91 Å². The van der Waals surface area contributed by atoms with E-state index in [4.69, 9.17) is 9.47 Å². The zero-order valence-corrected chi connectivity index (χ0v) is 26.4. The summed E-state index contributed by atoms with van der Waals surface area (Å²) in [4.78, 5) is 43.1. The van der Waals surface area contributed by atoms with Gasteiger partial charge in [0, 0.05) is 19.6 Å². The van der Waals surface area contributed by atoms with Gasteiger partial charge in [0.1, 0.15) is 11.3 Å². The minimum atomic E-state index is -1.29. The topological polar surface area (TPSA) is 127 Å². The van der Waals surface area contributed by atoms with Crippen molar-refractivity contribution < 1.29 is 29.0 Å². The van der Waals surface area contributed by atoms with Crippen LogP contribution in [0.25, 0.3) is 5.69 Å². The average molecular weight is 606 g/mol. The van der Waals surface area contributed by atoms with Crippen molar-refractivity contribution in [1.29, 1.82) is 0 Å². The van der Waals surface area contributed by atoms with Crippen molar-refractivity contribution in [2.24, 2.45) is 11.3 Å². The van der Waals surface area contributed by atoms with Crippen molar-refractivity contribution >= 4 is 18.0 Å². The first-order valence-corrected chi connectivity index (χ1v) is 14.9. The Hall–Kier alpha value is -4.25. The molecule has 1 fully saturated rings. The van der Waals surface area contributed by atoms with Gasteiger partial charge in [0.15, 0.2) is 5.69 Å². The van der Waals surface area contributed by atoms with Crippen LogP contribution in [0.3, 0.4) is 0 Å². The fraction of sp³-hybridized carbons (Fsp3) is 0.485. The lowest BCUT2D eigenvalue weighted by atomic mass is 9.79. The molecule has 1 aliphatic heterocycles. The Morgan fingerprint density at radius 1 is 1.05 bits per heavy atom. The highest BCUT2D eigenvalue weighted by Gasteiger charge is 2.47. The molecule has 2 heterocycles. The van der Waals surface area contributed by atoms with Crippen LogP contribution in [0.1, 0.15) is 69.7 Å². The molecule has 0 bridgehead atoms. The second-order valence-corrected chi connectivity index (χ2v) is 13.0. The van der Waals surface area contributed by atoms with Gasteiger partial charge in [-0.2, -0.15) is 0 Å². The number of benzene rings is 2.